The van der Waals surface area contributed by atoms with Gasteiger partial charge < -0.3 is 19.8 Å². The first-order valence-corrected chi connectivity index (χ1v) is 14.7. The highest BCUT2D eigenvalue weighted by molar-refractivity contribution is 7.21. The van der Waals surface area contributed by atoms with E-state index in [1.807, 2.05) is 0 Å². The van der Waals surface area contributed by atoms with Crippen molar-refractivity contribution in [1.82, 2.24) is 29.0 Å². The van der Waals surface area contributed by atoms with Gasteiger partial charge in [-0.15, -0.1) is 4.80 Å². The highest BCUT2D eigenvalue weighted by Gasteiger charge is 2.36. The lowest BCUT2D eigenvalue weighted by Gasteiger charge is -2.30. The zero-order chi connectivity index (χ0) is 29.7. The molecule has 0 unspecified atom stereocenters. The van der Waals surface area contributed by atoms with Gasteiger partial charge >= 0.3 is 5.69 Å². The zero-order valence-corrected chi connectivity index (χ0v) is 24.0. The van der Waals surface area contributed by atoms with Crippen LogP contribution in [0.3, 0.4) is 0 Å². The predicted octanol–water partition coefficient (Wildman–Crippen LogP) is 2.42. The number of rotatable bonds is 7. The number of likely N-dealkylation sites (tertiary alicyclic amines) is 1. The largest absolute Gasteiger partial charge is 0.508 e. The Morgan fingerprint density at radius 3 is 2.50 bits per heavy atom. The molecule has 0 bridgehead atoms. The van der Waals surface area contributed by atoms with E-state index in [9.17, 15) is 29.0 Å². The van der Waals surface area contributed by atoms with E-state index in [0.717, 1.165) is 22.0 Å². The van der Waals surface area contributed by atoms with Crippen molar-refractivity contribution >= 4 is 27.5 Å². The number of aryl methyl sites for hydroxylation is 1. The fourth-order valence-corrected chi connectivity index (χ4v) is 7.14. The molecule has 12 nitrogen and oxygen atoms in total. The summed E-state index contributed by atoms with van der Waals surface area (Å²) < 4.78 is 23.3. The number of phenols is 1. The van der Waals surface area contributed by atoms with Crippen LogP contribution in [0.5, 0.6) is 5.75 Å². The first-order chi connectivity index (χ1) is 20.1. The number of carbonyl (C=O) groups excluding carboxylic acids is 1. The standard InChI is InChI=1S/C28H31FN6O6S/c1-15-23-25(39)34(20-9-12-32(2)24(20)38)28(40)33(27(23)42-26(15)35-30-10-11-31-35)14-22(19-13-16(29)3-8-21(19)37)41-18-6-4-17(36)5-7-18/h3,8,10-11,13,17-18,20,22,36-37H,4-7,9,12,14H2,1-2H3/t17-,18-,20-,22+/m1/s1. The Balaban J connectivity index is 1.55. The Hall–Kier alpha value is -3.88. The zero-order valence-electron chi connectivity index (χ0n) is 23.1. The molecule has 1 saturated carbocycles. The Labute approximate surface area is 243 Å². The second-order valence-corrected chi connectivity index (χ2v) is 11.9. The average molecular weight is 599 g/mol. The molecule has 6 rings (SSSR count). The minimum absolute atomic E-state index is 0.151. The number of amides is 1. The molecule has 1 amide bonds. The third kappa shape index (κ3) is 4.92. The van der Waals surface area contributed by atoms with Crippen molar-refractivity contribution in [2.75, 3.05) is 13.6 Å². The molecule has 42 heavy (non-hydrogen) atoms. The molecule has 1 aliphatic heterocycles. The van der Waals surface area contributed by atoms with E-state index in [-0.39, 0.29) is 35.3 Å². The molecule has 3 aromatic heterocycles. The van der Waals surface area contributed by atoms with Crippen LogP contribution in [0.2, 0.25) is 0 Å². The van der Waals surface area contributed by atoms with Gasteiger partial charge in [0, 0.05) is 24.7 Å². The second-order valence-electron chi connectivity index (χ2n) is 10.9. The highest BCUT2D eigenvalue weighted by atomic mass is 32.1. The molecule has 14 heteroatoms. The van der Waals surface area contributed by atoms with E-state index in [1.165, 1.54) is 38.8 Å². The van der Waals surface area contributed by atoms with Crippen LogP contribution in [0.25, 0.3) is 15.2 Å². The van der Waals surface area contributed by atoms with E-state index in [1.54, 1.807) is 14.0 Å². The molecule has 2 N–H and O–H groups in total. The lowest BCUT2D eigenvalue weighted by molar-refractivity contribution is -0.129. The molecule has 0 radical (unpaired) electrons. The first kappa shape index (κ1) is 28.2. The van der Waals surface area contributed by atoms with Gasteiger partial charge in [0.2, 0.25) is 5.91 Å². The minimum Gasteiger partial charge on any atom is -0.508 e. The average Bonchev–Trinajstić information content (AvgIpc) is 3.69. The fourth-order valence-electron chi connectivity index (χ4n) is 5.92. The number of hydrogen-bond acceptors (Lipinski definition) is 9. The quantitative estimate of drug-likeness (QED) is 0.330. The van der Waals surface area contributed by atoms with E-state index in [4.69, 9.17) is 4.74 Å². The number of halogens is 1. The van der Waals surface area contributed by atoms with Crippen molar-refractivity contribution in [3.8, 4) is 10.8 Å². The molecule has 2 aliphatic rings. The van der Waals surface area contributed by atoms with Gasteiger partial charge in [-0.3, -0.25) is 14.2 Å². The number of nitrogens with zero attached hydrogens (tertiary/aromatic N) is 6. The third-order valence-electron chi connectivity index (χ3n) is 8.21. The first-order valence-electron chi connectivity index (χ1n) is 13.9. The normalized spacial score (nSPS) is 21.9. The smallest absolute Gasteiger partial charge is 0.332 e. The summed E-state index contributed by atoms with van der Waals surface area (Å²) in [5.74, 6) is -1.12. The fraction of sp³-hybridized carbons (Fsp3) is 0.464. The van der Waals surface area contributed by atoms with Crippen LogP contribution >= 0.6 is 11.3 Å². The van der Waals surface area contributed by atoms with E-state index in [0.29, 0.717) is 54.0 Å². The Morgan fingerprint density at radius 2 is 1.83 bits per heavy atom. The summed E-state index contributed by atoms with van der Waals surface area (Å²) in [6.07, 6.45) is 3.73. The van der Waals surface area contributed by atoms with Gasteiger partial charge in [-0.05, 0) is 57.2 Å². The van der Waals surface area contributed by atoms with Gasteiger partial charge in [-0.1, -0.05) is 11.3 Å². The number of carbonyl (C=O) groups is 1. The summed E-state index contributed by atoms with van der Waals surface area (Å²) in [6, 6.07) is 2.56. The van der Waals surface area contributed by atoms with Gasteiger partial charge in [0.15, 0.2) is 0 Å². The second kappa shape index (κ2) is 11.1. The maximum absolute atomic E-state index is 14.5. The van der Waals surface area contributed by atoms with Crippen LogP contribution in [0.15, 0.2) is 40.2 Å². The maximum Gasteiger partial charge on any atom is 0.332 e. The molecular formula is C28H31FN6O6S. The lowest BCUT2D eigenvalue weighted by atomic mass is 9.94. The van der Waals surface area contributed by atoms with Crippen LogP contribution in [0, 0.1) is 12.7 Å². The monoisotopic (exact) mass is 598 g/mol. The number of aromatic nitrogens is 5. The number of likely N-dealkylation sites (N-methyl/N-ethyl adjacent to an activating group) is 1. The predicted molar refractivity (Wildman–Crippen MR) is 151 cm³/mol. The number of phenolic OH excluding ortho intramolecular Hbond substituents is 1. The number of fused-ring (bicyclic) bond motifs is 1. The summed E-state index contributed by atoms with van der Waals surface area (Å²) in [7, 11) is 1.62. The minimum atomic E-state index is -0.983. The summed E-state index contributed by atoms with van der Waals surface area (Å²) >= 11 is 1.15. The van der Waals surface area contributed by atoms with Crippen molar-refractivity contribution < 1.29 is 24.1 Å². The Bertz CT molecular complexity index is 1760. The molecule has 4 aromatic rings. The van der Waals surface area contributed by atoms with Crippen molar-refractivity contribution in [2.24, 2.45) is 0 Å². The van der Waals surface area contributed by atoms with Crippen molar-refractivity contribution in [3.63, 3.8) is 0 Å². The van der Waals surface area contributed by atoms with Crippen LogP contribution in [-0.2, 0) is 16.1 Å². The molecule has 1 aliphatic carbocycles. The Morgan fingerprint density at radius 1 is 1.12 bits per heavy atom. The summed E-state index contributed by atoms with van der Waals surface area (Å²) in [5.41, 5.74) is -0.590. The third-order valence-corrected chi connectivity index (χ3v) is 9.50. The van der Waals surface area contributed by atoms with Crippen LogP contribution < -0.4 is 11.2 Å². The molecule has 2 fully saturated rings. The topological polar surface area (TPSA) is 145 Å². The number of aliphatic hydroxyl groups excluding tert-OH is 1. The van der Waals surface area contributed by atoms with Gasteiger partial charge in [0.1, 0.15) is 33.5 Å². The molecule has 1 aromatic carbocycles. The van der Waals surface area contributed by atoms with Gasteiger partial charge in [0.25, 0.3) is 5.56 Å². The number of thiophene rings is 1. The van der Waals surface area contributed by atoms with Crippen molar-refractivity contribution in [2.45, 2.75) is 69.9 Å². The van der Waals surface area contributed by atoms with Crippen molar-refractivity contribution in [3.05, 3.63) is 68.4 Å². The molecule has 222 valence electrons. The van der Waals surface area contributed by atoms with Crippen LogP contribution in [0.1, 0.15) is 55.4 Å². The van der Waals surface area contributed by atoms with Crippen LogP contribution in [-0.4, -0.2) is 70.9 Å². The lowest BCUT2D eigenvalue weighted by Crippen LogP contribution is -2.45. The summed E-state index contributed by atoms with van der Waals surface area (Å²) in [5, 5.41) is 29.9. The molecule has 2 atom stereocenters. The summed E-state index contributed by atoms with van der Waals surface area (Å²) in [6.45, 7) is 1.96. The number of hydrogen-bond donors (Lipinski definition) is 2. The number of aromatic hydroxyl groups is 1. The molecule has 1 saturated heterocycles. The molecule has 0 spiro atoms. The maximum atomic E-state index is 14.5. The number of benzene rings is 1. The van der Waals surface area contributed by atoms with Gasteiger partial charge in [-0.25, -0.2) is 13.8 Å². The highest BCUT2D eigenvalue weighted by Crippen LogP contribution is 2.36. The van der Waals surface area contributed by atoms with Crippen LogP contribution in [0.4, 0.5) is 4.39 Å². The molecular weight excluding hydrogens is 567 g/mol. The summed E-state index contributed by atoms with van der Waals surface area (Å²) in [4.78, 5) is 44.3. The van der Waals surface area contributed by atoms with Gasteiger partial charge in [0.05, 0.1) is 36.5 Å². The SMILES string of the molecule is Cc1c(-n2nccn2)sc2c1c(=O)n([C@@H]1CCN(C)C1=O)c(=O)n2C[C@H](O[C@H]1CC[C@H](O)CC1)c1cc(F)ccc1O. The number of aliphatic hydroxyl groups is 1. The molecule has 4 heterocycles. The number of ether oxygens (including phenoxy) is 1. The van der Waals surface area contributed by atoms with E-state index < -0.39 is 35.3 Å². The van der Waals surface area contributed by atoms with Gasteiger partial charge in [-0.2, -0.15) is 10.2 Å². The van der Waals surface area contributed by atoms with E-state index >= 15 is 0 Å². The Kier molecular flexibility index (Phi) is 7.45. The van der Waals surface area contributed by atoms with E-state index in [2.05, 4.69) is 10.2 Å². The van der Waals surface area contributed by atoms with Crippen molar-refractivity contribution in [1.29, 1.82) is 0 Å².